The third-order valence-corrected chi connectivity index (χ3v) is 5.43. The highest BCUT2D eigenvalue weighted by molar-refractivity contribution is 7.90. The molecule has 0 aliphatic rings. The van der Waals surface area contributed by atoms with Crippen molar-refractivity contribution < 1.29 is 13.2 Å². The van der Waals surface area contributed by atoms with Crippen LogP contribution in [0.1, 0.15) is 25.8 Å². The second-order valence-corrected chi connectivity index (χ2v) is 8.77. The monoisotopic (exact) mass is 390 g/mol. The molecule has 0 saturated carbocycles. The SMILES string of the molecule is CC(C)CC(=O)NC(=S)Nc1ccc(S(=O)(=O)Cc2ccccc2)cc1. The Labute approximate surface area is 159 Å². The Morgan fingerprint density at radius 3 is 2.23 bits per heavy atom. The number of anilines is 1. The van der Waals surface area contributed by atoms with Gasteiger partial charge in [-0.2, -0.15) is 0 Å². The second-order valence-electron chi connectivity index (χ2n) is 6.37. The van der Waals surface area contributed by atoms with Crippen molar-refractivity contribution in [1.29, 1.82) is 0 Å². The molecule has 0 fully saturated rings. The summed E-state index contributed by atoms with van der Waals surface area (Å²) in [6, 6.07) is 15.3. The van der Waals surface area contributed by atoms with E-state index in [0.717, 1.165) is 5.56 Å². The van der Waals surface area contributed by atoms with Crippen LogP contribution in [0, 0.1) is 5.92 Å². The molecule has 2 aromatic carbocycles. The van der Waals surface area contributed by atoms with Crippen molar-refractivity contribution in [2.75, 3.05) is 5.32 Å². The average Bonchev–Trinajstić information content (AvgIpc) is 2.54. The Morgan fingerprint density at radius 2 is 1.65 bits per heavy atom. The van der Waals surface area contributed by atoms with E-state index in [4.69, 9.17) is 12.2 Å². The normalized spacial score (nSPS) is 11.2. The smallest absolute Gasteiger partial charge is 0.226 e. The number of hydrogen-bond donors (Lipinski definition) is 2. The molecule has 1 amide bonds. The summed E-state index contributed by atoms with van der Waals surface area (Å²) in [4.78, 5) is 11.9. The van der Waals surface area contributed by atoms with Crippen molar-refractivity contribution in [1.82, 2.24) is 5.32 Å². The van der Waals surface area contributed by atoms with Crippen molar-refractivity contribution in [3.63, 3.8) is 0 Å². The van der Waals surface area contributed by atoms with E-state index in [2.05, 4.69) is 10.6 Å². The van der Waals surface area contributed by atoms with Crippen LogP contribution in [0.3, 0.4) is 0 Å². The molecule has 0 spiro atoms. The van der Waals surface area contributed by atoms with Gasteiger partial charge in [0, 0.05) is 12.1 Å². The molecule has 0 aliphatic carbocycles. The van der Waals surface area contributed by atoms with Crippen molar-refractivity contribution in [3.8, 4) is 0 Å². The summed E-state index contributed by atoms with van der Waals surface area (Å²) in [5, 5.41) is 5.67. The first kappa shape index (κ1) is 20.1. The van der Waals surface area contributed by atoms with Crippen LogP contribution in [0.25, 0.3) is 0 Å². The maximum absolute atomic E-state index is 12.5. The number of amides is 1. The number of hydrogen-bond acceptors (Lipinski definition) is 4. The quantitative estimate of drug-likeness (QED) is 0.738. The molecule has 0 heterocycles. The van der Waals surface area contributed by atoms with E-state index in [-0.39, 0.29) is 27.6 Å². The van der Waals surface area contributed by atoms with Crippen LogP contribution in [0.2, 0.25) is 0 Å². The number of carbonyl (C=O) groups is 1. The fraction of sp³-hybridized carbons (Fsp3) is 0.263. The standard InChI is InChI=1S/C19H22N2O3S2/c1-14(2)12-18(22)21-19(25)20-16-8-10-17(11-9-16)26(23,24)13-15-6-4-3-5-7-15/h3-11,14H,12-13H2,1-2H3,(H2,20,21,22,25). The van der Waals surface area contributed by atoms with Gasteiger partial charge in [-0.1, -0.05) is 44.2 Å². The van der Waals surface area contributed by atoms with E-state index in [1.54, 1.807) is 24.3 Å². The minimum absolute atomic E-state index is 0.0513. The van der Waals surface area contributed by atoms with Crippen molar-refractivity contribution in [2.45, 2.75) is 30.9 Å². The van der Waals surface area contributed by atoms with Crippen molar-refractivity contribution in [3.05, 3.63) is 60.2 Å². The molecule has 0 bridgehead atoms. The van der Waals surface area contributed by atoms with Gasteiger partial charge in [0.15, 0.2) is 14.9 Å². The predicted octanol–water partition coefficient (Wildman–Crippen LogP) is 3.52. The minimum atomic E-state index is -3.42. The molecule has 138 valence electrons. The molecule has 7 heteroatoms. The molecule has 0 atom stereocenters. The topological polar surface area (TPSA) is 75.3 Å². The molecule has 2 N–H and O–H groups in total. The van der Waals surface area contributed by atoms with Crippen molar-refractivity contribution in [2.24, 2.45) is 5.92 Å². The Balaban J connectivity index is 1.99. The predicted molar refractivity (Wildman–Crippen MR) is 108 cm³/mol. The summed E-state index contributed by atoms with van der Waals surface area (Å²) in [5.74, 6) is 0.0380. The van der Waals surface area contributed by atoms with E-state index in [9.17, 15) is 13.2 Å². The highest BCUT2D eigenvalue weighted by Crippen LogP contribution is 2.19. The number of nitrogens with one attached hydrogen (secondary N) is 2. The second kappa shape index (κ2) is 8.91. The molecule has 0 aromatic heterocycles. The Bertz CT molecular complexity index is 861. The summed E-state index contributed by atoms with van der Waals surface area (Å²) >= 11 is 5.10. The van der Waals surface area contributed by atoms with E-state index < -0.39 is 9.84 Å². The van der Waals surface area contributed by atoms with Crippen LogP contribution < -0.4 is 10.6 Å². The minimum Gasteiger partial charge on any atom is -0.332 e. The van der Waals surface area contributed by atoms with Gasteiger partial charge >= 0.3 is 0 Å². The summed E-state index contributed by atoms with van der Waals surface area (Å²) in [5.41, 5.74) is 1.35. The van der Waals surface area contributed by atoms with E-state index >= 15 is 0 Å². The van der Waals surface area contributed by atoms with Gasteiger partial charge in [-0.15, -0.1) is 0 Å². The van der Waals surface area contributed by atoms with Gasteiger partial charge < -0.3 is 10.6 Å². The highest BCUT2D eigenvalue weighted by Gasteiger charge is 2.15. The van der Waals surface area contributed by atoms with Crippen molar-refractivity contribution >= 4 is 38.8 Å². The van der Waals surface area contributed by atoms with Crippen LogP contribution in [0.4, 0.5) is 5.69 Å². The fourth-order valence-corrected chi connectivity index (χ4v) is 3.91. The van der Waals surface area contributed by atoms with E-state index in [1.807, 2.05) is 32.0 Å². The fourth-order valence-electron chi connectivity index (χ4n) is 2.33. The largest absolute Gasteiger partial charge is 0.332 e. The molecule has 0 aliphatic heterocycles. The number of rotatable bonds is 6. The zero-order valence-corrected chi connectivity index (χ0v) is 16.4. The number of sulfone groups is 1. The molecule has 0 radical (unpaired) electrons. The van der Waals surface area contributed by atoms with Gasteiger partial charge in [0.1, 0.15) is 0 Å². The summed E-state index contributed by atoms with van der Waals surface area (Å²) in [7, 11) is -3.42. The zero-order chi connectivity index (χ0) is 19.2. The molecule has 5 nitrogen and oxygen atoms in total. The molecule has 2 rings (SSSR count). The number of benzene rings is 2. The Morgan fingerprint density at radius 1 is 1.04 bits per heavy atom. The van der Waals surface area contributed by atoms with Crippen LogP contribution in [0.15, 0.2) is 59.5 Å². The first-order valence-corrected chi connectivity index (χ1v) is 10.3. The third-order valence-electron chi connectivity index (χ3n) is 3.52. The first-order chi connectivity index (χ1) is 12.3. The van der Waals surface area contributed by atoms with Gasteiger partial charge in [0.05, 0.1) is 10.6 Å². The van der Waals surface area contributed by atoms with Crippen LogP contribution >= 0.6 is 12.2 Å². The molecule has 2 aromatic rings. The lowest BCUT2D eigenvalue weighted by Gasteiger charge is -2.11. The maximum atomic E-state index is 12.5. The van der Waals surface area contributed by atoms with Gasteiger partial charge in [-0.05, 0) is 48.0 Å². The lowest BCUT2D eigenvalue weighted by atomic mass is 10.1. The number of thiocarbonyl (C=S) groups is 1. The zero-order valence-electron chi connectivity index (χ0n) is 14.7. The van der Waals surface area contributed by atoms with Crippen LogP contribution in [-0.4, -0.2) is 19.4 Å². The van der Waals surface area contributed by atoms with Crippen LogP contribution in [0.5, 0.6) is 0 Å². The Hall–Kier alpha value is -2.25. The molecule has 26 heavy (non-hydrogen) atoms. The summed E-state index contributed by atoms with van der Waals surface area (Å²) < 4.78 is 25.0. The van der Waals surface area contributed by atoms with Gasteiger partial charge in [-0.3, -0.25) is 4.79 Å². The molecular formula is C19H22N2O3S2. The molecule has 0 saturated heterocycles. The lowest BCUT2D eigenvalue weighted by molar-refractivity contribution is -0.120. The van der Waals surface area contributed by atoms with Gasteiger partial charge in [0.25, 0.3) is 0 Å². The van der Waals surface area contributed by atoms with Gasteiger partial charge in [-0.25, -0.2) is 8.42 Å². The summed E-state index contributed by atoms with van der Waals surface area (Å²) in [6.07, 6.45) is 0.387. The molecule has 0 unspecified atom stereocenters. The van der Waals surface area contributed by atoms with E-state index in [0.29, 0.717) is 12.1 Å². The Kier molecular flexibility index (Phi) is 6.88. The average molecular weight is 391 g/mol. The third kappa shape index (κ3) is 6.24. The van der Waals surface area contributed by atoms with Gasteiger partial charge in [0.2, 0.25) is 5.91 Å². The first-order valence-electron chi connectivity index (χ1n) is 8.24. The molecular weight excluding hydrogens is 368 g/mol. The van der Waals surface area contributed by atoms with Crippen LogP contribution in [-0.2, 0) is 20.4 Å². The lowest BCUT2D eigenvalue weighted by Crippen LogP contribution is -2.34. The summed E-state index contributed by atoms with van der Waals surface area (Å²) in [6.45, 7) is 3.90. The van der Waals surface area contributed by atoms with E-state index in [1.165, 1.54) is 12.1 Å². The number of carbonyl (C=O) groups excluding carboxylic acids is 1. The maximum Gasteiger partial charge on any atom is 0.226 e. The highest BCUT2D eigenvalue weighted by atomic mass is 32.2.